The van der Waals surface area contributed by atoms with E-state index in [0.717, 1.165) is 22.5 Å². The molecule has 5 nitrogen and oxygen atoms in total. The predicted octanol–water partition coefficient (Wildman–Crippen LogP) is 2.45. The van der Waals surface area contributed by atoms with Crippen molar-refractivity contribution in [1.29, 1.82) is 0 Å². The summed E-state index contributed by atoms with van der Waals surface area (Å²) < 4.78 is 0. The predicted molar refractivity (Wildman–Crippen MR) is 78.6 cm³/mol. The van der Waals surface area contributed by atoms with E-state index in [0.29, 0.717) is 6.42 Å². The number of thiazole rings is 1. The van der Waals surface area contributed by atoms with E-state index >= 15 is 0 Å². The summed E-state index contributed by atoms with van der Waals surface area (Å²) in [6, 6.07) is 6.66. The van der Waals surface area contributed by atoms with Crippen LogP contribution < -0.4 is 0 Å². The van der Waals surface area contributed by atoms with Gasteiger partial charge in [0, 0.05) is 13.0 Å². The molecular formula is C14H11ClN2O3S. The van der Waals surface area contributed by atoms with Crippen molar-refractivity contribution >= 4 is 34.8 Å². The Labute approximate surface area is 129 Å². The van der Waals surface area contributed by atoms with Crippen molar-refractivity contribution in [3.8, 4) is 0 Å². The summed E-state index contributed by atoms with van der Waals surface area (Å²) in [7, 11) is 0. The van der Waals surface area contributed by atoms with Crippen LogP contribution in [0.1, 0.15) is 20.8 Å². The lowest BCUT2D eigenvalue weighted by Crippen LogP contribution is -2.48. The van der Waals surface area contributed by atoms with Gasteiger partial charge in [-0.3, -0.25) is 4.79 Å². The number of rotatable bonds is 2. The fraction of sp³-hybridized carbons (Fsp3) is 0.214. The Kier molecular flexibility index (Phi) is 3.65. The van der Waals surface area contributed by atoms with Gasteiger partial charge in [0.05, 0.1) is 5.51 Å². The minimum absolute atomic E-state index is 0.119. The number of carbonyl (C=O) groups is 2. The number of hydrogen-bond donors (Lipinski definition) is 1. The fourth-order valence-corrected chi connectivity index (χ4v) is 3.41. The second-order valence-corrected chi connectivity index (χ2v) is 5.94. The van der Waals surface area contributed by atoms with Crippen LogP contribution >= 0.6 is 22.9 Å². The van der Waals surface area contributed by atoms with E-state index in [4.69, 9.17) is 11.6 Å². The van der Waals surface area contributed by atoms with Gasteiger partial charge in [0.25, 0.3) is 5.91 Å². The molecule has 1 N–H and O–H groups in total. The molecule has 3 rings (SSSR count). The number of carboxylic acids is 1. The second kappa shape index (κ2) is 5.46. The van der Waals surface area contributed by atoms with Crippen LogP contribution in [0, 0.1) is 0 Å². The lowest BCUT2D eigenvalue weighted by molar-refractivity contribution is -0.142. The highest BCUT2D eigenvalue weighted by Crippen LogP contribution is 2.28. The number of benzene rings is 1. The molecule has 0 bridgehead atoms. The largest absolute Gasteiger partial charge is 0.480 e. The zero-order chi connectivity index (χ0) is 15.0. The second-order valence-electron chi connectivity index (χ2n) is 4.73. The highest BCUT2D eigenvalue weighted by atomic mass is 35.5. The Morgan fingerprint density at radius 3 is 2.67 bits per heavy atom. The maximum atomic E-state index is 12.6. The van der Waals surface area contributed by atoms with E-state index in [9.17, 15) is 14.7 Å². The first kappa shape index (κ1) is 14.0. The molecule has 1 aliphatic rings. The van der Waals surface area contributed by atoms with E-state index < -0.39 is 12.0 Å². The first-order chi connectivity index (χ1) is 10.1. The Balaban J connectivity index is 1.98. The summed E-state index contributed by atoms with van der Waals surface area (Å²) in [5, 5.41) is 9.53. The standard InChI is InChI=1S/C14H11ClN2O3S/c15-12-11(21-7-16-12)13(18)17-6-9-4-2-1-3-8(9)5-10(17)14(19)20/h1-4,7,10H,5-6H2,(H,19,20)/t10-/m0/s1. The van der Waals surface area contributed by atoms with Crippen molar-refractivity contribution in [2.75, 3.05) is 0 Å². The van der Waals surface area contributed by atoms with Gasteiger partial charge in [0.2, 0.25) is 0 Å². The minimum Gasteiger partial charge on any atom is -0.480 e. The lowest BCUT2D eigenvalue weighted by Gasteiger charge is -2.34. The van der Waals surface area contributed by atoms with Gasteiger partial charge in [-0.2, -0.15) is 0 Å². The van der Waals surface area contributed by atoms with Gasteiger partial charge >= 0.3 is 5.97 Å². The highest BCUT2D eigenvalue weighted by Gasteiger charge is 2.36. The molecule has 1 amide bonds. The van der Waals surface area contributed by atoms with Crippen LogP contribution in [0.2, 0.25) is 5.15 Å². The molecule has 0 radical (unpaired) electrons. The summed E-state index contributed by atoms with van der Waals surface area (Å²) in [6.45, 7) is 0.264. The molecule has 0 fully saturated rings. The van der Waals surface area contributed by atoms with Crippen molar-refractivity contribution in [1.82, 2.24) is 9.88 Å². The quantitative estimate of drug-likeness (QED) is 0.922. The topological polar surface area (TPSA) is 70.5 Å². The first-order valence-electron chi connectivity index (χ1n) is 6.27. The molecule has 2 heterocycles. The van der Waals surface area contributed by atoms with Crippen LogP contribution in [-0.2, 0) is 17.8 Å². The number of hydrogen-bond acceptors (Lipinski definition) is 4. The molecule has 0 saturated carbocycles. The number of carbonyl (C=O) groups excluding carboxylic acids is 1. The van der Waals surface area contributed by atoms with Crippen molar-refractivity contribution < 1.29 is 14.7 Å². The summed E-state index contributed by atoms with van der Waals surface area (Å²) >= 11 is 7.00. The van der Waals surface area contributed by atoms with E-state index in [1.165, 1.54) is 10.4 Å². The lowest BCUT2D eigenvalue weighted by atomic mass is 9.94. The average molecular weight is 323 g/mol. The van der Waals surface area contributed by atoms with Gasteiger partial charge in [0.1, 0.15) is 10.9 Å². The number of halogens is 1. The van der Waals surface area contributed by atoms with Gasteiger partial charge in [-0.25, -0.2) is 9.78 Å². The summed E-state index contributed by atoms with van der Waals surface area (Å²) in [6.07, 6.45) is 0.299. The summed E-state index contributed by atoms with van der Waals surface area (Å²) in [5.41, 5.74) is 3.40. The number of aromatic nitrogens is 1. The maximum Gasteiger partial charge on any atom is 0.326 e. The van der Waals surface area contributed by atoms with Crippen LogP contribution in [-0.4, -0.2) is 32.9 Å². The molecule has 1 aromatic carbocycles. The number of aliphatic carboxylic acids is 1. The smallest absolute Gasteiger partial charge is 0.326 e. The van der Waals surface area contributed by atoms with Crippen molar-refractivity contribution in [3.63, 3.8) is 0 Å². The molecule has 1 atom stereocenters. The third-order valence-corrected chi connectivity index (χ3v) is 4.73. The first-order valence-corrected chi connectivity index (χ1v) is 7.53. The van der Waals surface area contributed by atoms with E-state index in [1.54, 1.807) is 0 Å². The molecule has 0 unspecified atom stereocenters. The molecule has 7 heteroatoms. The van der Waals surface area contributed by atoms with Crippen molar-refractivity contribution in [2.24, 2.45) is 0 Å². The van der Waals surface area contributed by atoms with E-state index in [2.05, 4.69) is 4.98 Å². The van der Waals surface area contributed by atoms with E-state index in [-0.39, 0.29) is 22.5 Å². The van der Waals surface area contributed by atoms with Gasteiger partial charge in [0.15, 0.2) is 5.15 Å². The maximum absolute atomic E-state index is 12.6. The molecule has 0 aliphatic carbocycles. The summed E-state index contributed by atoms with van der Waals surface area (Å²) in [4.78, 5) is 29.5. The van der Waals surface area contributed by atoms with Crippen LogP contribution in [0.4, 0.5) is 0 Å². The summed E-state index contributed by atoms with van der Waals surface area (Å²) in [5.74, 6) is -1.40. The normalized spacial score (nSPS) is 17.4. The third-order valence-electron chi connectivity index (χ3n) is 3.51. The van der Waals surface area contributed by atoms with Crippen molar-refractivity contribution in [3.05, 3.63) is 50.9 Å². The number of nitrogens with zero attached hydrogens (tertiary/aromatic N) is 2. The number of amides is 1. The van der Waals surface area contributed by atoms with Crippen molar-refractivity contribution in [2.45, 2.75) is 19.0 Å². The fourth-order valence-electron chi connectivity index (χ4n) is 2.46. The van der Waals surface area contributed by atoms with Gasteiger partial charge in [-0.05, 0) is 11.1 Å². The highest BCUT2D eigenvalue weighted by molar-refractivity contribution is 7.12. The van der Waals surface area contributed by atoms with Gasteiger partial charge in [-0.1, -0.05) is 35.9 Å². The molecule has 0 saturated heterocycles. The van der Waals surface area contributed by atoms with Crippen LogP contribution in [0.15, 0.2) is 29.8 Å². The average Bonchev–Trinajstić information content (AvgIpc) is 2.91. The van der Waals surface area contributed by atoms with Gasteiger partial charge < -0.3 is 10.0 Å². The number of fused-ring (bicyclic) bond motifs is 1. The Morgan fingerprint density at radius 1 is 1.33 bits per heavy atom. The van der Waals surface area contributed by atoms with E-state index in [1.807, 2.05) is 24.3 Å². The monoisotopic (exact) mass is 322 g/mol. The Hall–Kier alpha value is -1.92. The molecule has 108 valence electrons. The molecular weight excluding hydrogens is 312 g/mol. The minimum atomic E-state index is -1.02. The molecule has 21 heavy (non-hydrogen) atoms. The third kappa shape index (κ3) is 2.52. The molecule has 2 aromatic rings. The zero-order valence-corrected chi connectivity index (χ0v) is 12.4. The Bertz CT molecular complexity index is 716. The van der Waals surface area contributed by atoms with Gasteiger partial charge in [-0.15, -0.1) is 11.3 Å². The van der Waals surface area contributed by atoms with Crippen LogP contribution in [0.5, 0.6) is 0 Å². The molecule has 0 spiro atoms. The molecule has 1 aliphatic heterocycles. The number of carboxylic acid groups (broad SMARTS) is 1. The Morgan fingerprint density at radius 2 is 2.05 bits per heavy atom. The van der Waals surface area contributed by atoms with Crippen LogP contribution in [0.3, 0.4) is 0 Å². The van der Waals surface area contributed by atoms with Crippen LogP contribution in [0.25, 0.3) is 0 Å². The zero-order valence-electron chi connectivity index (χ0n) is 10.8. The SMILES string of the molecule is O=C(O)[C@@H]1Cc2ccccc2CN1C(=O)c1scnc1Cl. The molecule has 1 aromatic heterocycles.